The minimum atomic E-state index is 0.559. The maximum absolute atomic E-state index is 5.91. The summed E-state index contributed by atoms with van der Waals surface area (Å²) in [6, 6.07) is 12.2. The van der Waals surface area contributed by atoms with Crippen molar-refractivity contribution in [2.75, 3.05) is 5.32 Å². The summed E-state index contributed by atoms with van der Waals surface area (Å²) in [5, 5.41) is 3.44. The Morgan fingerprint density at radius 2 is 2.04 bits per heavy atom. The van der Waals surface area contributed by atoms with E-state index in [0.717, 1.165) is 32.8 Å². The van der Waals surface area contributed by atoms with Crippen molar-refractivity contribution in [3.8, 4) is 11.5 Å². The van der Waals surface area contributed by atoms with Gasteiger partial charge in [-0.15, -0.1) is 11.3 Å². The average molecular weight is 370 g/mol. The van der Waals surface area contributed by atoms with Crippen LogP contribution in [0.15, 0.2) is 47.0 Å². The van der Waals surface area contributed by atoms with Crippen molar-refractivity contribution in [3.63, 3.8) is 0 Å². The van der Waals surface area contributed by atoms with Gasteiger partial charge in [0, 0.05) is 22.3 Å². The van der Waals surface area contributed by atoms with Crippen molar-refractivity contribution in [2.45, 2.75) is 20.4 Å². The molecule has 6 heteroatoms. The van der Waals surface area contributed by atoms with E-state index in [-0.39, 0.29) is 0 Å². The van der Waals surface area contributed by atoms with Crippen LogP contribution in [0.3, 0.4) is 0 Å². The fourth-order valence-corrected chi connectivity index (χ4v) is 3.57. The highest BCUT2D eigenvalue weighted by Gasteiger charge is 2.10. The van der Waals surface area contributed by atoms with Gasteiger partial charge >= 0.3 is 0 Å². The Morgan fingerprint density at radius 3 is 2.84 bits per heavy atom. The number of hydrogen-bond donors (Lipinski definition) is 1. The summed E-state index contributed by atoms with van der Waals surface area (Å²) in [7, 11) is 0. The maximum atomic E-state index is 5.91. The monoisotopic (exact) mass is 369 g/mol. The van der Waals surface area contributed by atoms with Gasteiger partial charge in [-0.25, -0.2) is 9.97 Å². The zero-order valence-electron chi connectivity index (χ0n) is 13.8. The second-order valence-corrected chi connectivity index (χ2v) is 7.65. The summed E-state index contributed by atoms with van der Waals surface area (Å²) in [5.41, 5.74) is 6.00. The largest absolute Gasteiger partial charge is 0.436 e. The molecule has 4 nitrogen and oxygen atoms in total. The summed E-state index contributed by atoms with van der Waals surface area (Å²) in [6.45, 7) is 4.80. The second-order valence-electron chi connectivity index (χ2n) is 5.95. The van der Waals surface area contributed by atoms with E-state index in [9.17, 15) is 0 Å². The van der Waals surface area contributed by atoms with Gasteiger partial charge < -0.3 is 9.73 Å². The molecule has 0 aliphatic carbocycles. The number of nitrogens with zero attached hydrogens (tertiary/aromatic N) is 2. The predicted octanol–water partition coefficient (Wildman–Crippen LogP) is 5.83. The van der Waals surface area contributed by atoms with E-state index in [1.54, 1.807) is 6.20 Å². The fourth-order valence-electron chi connectivity index (χ4n) is 2.65. The summed E-state index contributed by atoms with van der Waals surface area (Å²) < 4.78 is 6.47. The van der Waals surface area contributed by atoms with Crippen molar-refractivity contribution < 1.29 is 4.42 Å². The normalized spacial score (nSPS) is 11.2. The number of aryl methyl sites for hydroxylation is 2. The Bertz CT molecular complexity index is 1050. The SMILES string of the molecule is Cc1ccc2oc(-c3ccc(C)c(NCc4cnc(Cl)s4)c3)nc2c1. The highest BCUT2D eigenvalue weighted by molar-refractivity contribution is 7.15. The van der Waals surface area contributed by atoms with Crippen molar-refractivity contribution in [1.82, 2.24) is 9.97 Å². The Morgan fingerprint density at radius 1 is 1.16 bits per heavy atom. The topological polar surface area (TPSA) is 51.0 Å². The van der Waals surface area contributed by atoms with Crippen LogP contribution in [-0.2, 0) is 6.54 Å². The first kappa shape index (κ1) is 16.1. The molecule has 1 N–H and O–H groups in total. The number of anilines is 1. The van der Waals surface area contributed by atoms with E-state index >= 15 is 0 Å². The standard InChI is InChI=1S/C19H16ClN3OS/c1-11-3-6-17-16(7-11)23-18(24-17)13-5-4-12(2)15(8-13)21-9-14-10-22-19(20)25-14/h3-8,10,21H,9H2,1-2H3. The molecule has 0 atom stereocenters. The first-order valence-corrected chi connectivity index (χ1v) is 9.10. The molecule has 0 saturated heterocycles. The van der Waals surface area contributed by atoms with Gasteiger partial charge in [0.1, 0.15) is 5.52 Å². The minimum absolute atomic E-state index is 0.559. The zero-order valence-corrected chi connectivity index (χ0v) is 15.4. The molecular weight excluding hydrogens is 354 g/mol. The number of oxazole rings is 1. The molecule has 2 aromatic carbocycles. The van der Waals surface area contributed by atoms with E-state index < -0.39 is 0 Å². The third kappa shape index (κ3) is 3.38. The van der Waals surface area contributed by atoms with Crippen LogP contribution < -0.4 is 5.32 Å². The number of nitrogens with one attached hydrogen (secondary N) is 1. The van der Waals surface area contributed by atoms with Crippen LogP contribution in [0.2, 0.25) is 4.47 Å². The van der Waals surface area contributed by atoms with Crippen LogP contribution in [0.1, 0.15) is 16.0 Å². The molecule has 0 aliphatic rings. The molecular formula is C19H16ClN3OS. The molecule has 0 aliphatic heterocycles. The van der Waals surface area contributed by atoms with Gasteiger partial charge in [-0.3, -0.25) is 0 Å². The van der Waals surface area contributed by atoms with Crippen LogP contribution in [0.4, 0.5) is 5.69 Å². The van der Waals surface area contributed by atoms with Gasteiger partial charge in [-0.1, -0.05) is 23.7 Å². The quantitative estimate of drug-likeness (QED) is 0.491. The van der Waals surface area contributed by atoms with Crippen LogP contribution in [-0.4, -0.2) is 9.97 Å². The molecule has 0 radical (unpaired) electrons. The Kier molecular flexibility index (Phi) is 4.19. The Labute approximate surface area is 154 Å². The van der Waals surface area contributed by atoms with Crippen LogP contribution in [0.25, 0.3) is 22.6 Å². The minimum Gasteiger partial charge on any atom is -0.436 e. The van der Waals surface area contributed by atoms with Crippen LogP contribution in [0, 0.1) is 13.8 Å². The molecule has 4 aromatic rings. The highest BCUT2D eigenvalue weighted by atomic mass is 35.5. The molecule has 0 fully saturated rings. The van der Waals surface area contributed by atoms with Crippen molar-refractivity contribution in [1.29, 1.82) is 0 Å². The van der Waals surface area contributed by atoms with E-state index in [0.29, 0.717) is 16.9 Å². The number of rotatable bonds is 4. The number of fused-ring (bicyclic) bond motifs is 1. The Balaban J connectivity index is 1.63. The second kappa shape index (κ2) is 6.50. The highest BCUT2D eigenvalue weighted by Crippen LogP contribution is 2.29. The van der Waals surface area contributed by atoms with Crippen LogP contribution in [0.5, 0.6) is 0 Å². The summed E-state index contributed by atoms with van der Waals surface area (Å²) in [6.07, 6.45) is 1.79. The maximum Gasteiger partial charge on any atom is 0.227 e. The van der Waals surface area contributed by atoms with Gasteiger partial charge in [-0.2, -0.15) is 0 Å². The molecule has 0 spiro atoms. The van der Waals surface area contributed by atoms with E-state index in [4.69, 9.17) is 16.0 Å². The summed E-state index contributed by atoms with van der Waals surface area (Å²) >= 11 is 7.37. The molecule has 2 aromatic heterocycles. The molecule has 0 bridgehead atoms. The molecule has 126 valence electrons. The molecule has 2 heterocycles. The van der Waals surface area contributed by atoms with Gasteiger partial charge in [0.15, 0.2) is 10.0 Å². The number of aromatic nitrogens is 2. The number of hydrogen-bond acceptors (Lipinski definition) is 5. The number of halogens is 1. The first-order chi connectivity index (χ1) is 12.1. The van der Waals surface area contributed by atoms with Gasteiger partial charge in [-0.05, 0) is 49.2 Å². The smallest absolute Gasteiger partial charge is 0.227 e. The number of benzene rings is 2. The zero-order chi connectivity index (χ0) is 17.4. The van der Waals surface area contributed by atoms with E-state index in [2.05, 4.69) is 34.3 Å². The van der Waals surface area contributed by atoms with Crippen molar-refractivity contribution in [2.24, 2.45) is 0 Å². The lowest BCUT2D eigenvalue weighted by Gasteiger charge is -2.09. The van der Waals surface area contributed by atoms with Gasteiger partial charge in [0.05, 0.1) is 6.54 Å². The fraction of sp³-hybridized carbons (Fsp3) is 0.158. The molecule has 0 saturated carbocycles. The first-order valence-electron chi connectivity index (χ1n) is 7.91. The lowest BCUT2D eigenvalue weighted by atomic mass is 10.1. The van der Waals surface area contributed by atoms with Gasteiger partial charge in [0.25, 0.3) is 0 Å². The summed E-state index contributed by atoms with van der Waals surface area (Å²) in [4.78, 5) is 9.77. The molecule has 4 rings (SSSR count). The lowest BCUT2D eigenvalue weighted by Crippen LogP contribution is -1.99. The van der Waals surface area contributed by atoms with E-state index in [1.807, 2.05) is 31.2 Å². The van der Waals surface area contributed by atoms with Crippen LogP contribution >= 0.6 is 22.9 Å². The predicted molar refractivity (Wildman–Crippen MR) is 103 cm³/mol. The number of thiazole rings is 1. The van der Waals surface area contributed by atoms with Crippen molar-refractivity contribution in [3.05, 3.63) is 63.1 Å². The summed E-state index contributed by atoms with van der Waals surface area (Å²) in [5.74, 6) is 0.629. The third-order valence-corrected chi connectivity index (χ3v) is 5.12. The van der Waals surface area contributed by atoms with Crippen molar-refractivity contribution >= 4 is 39.7 Å². The Hall–Kier alpha value is -2.37. The molecule has 0 amide bonds. The molecule has 0 unspecified atom stereocenters. The third-order valence-electron chi connectivity index (χ3n) is 4.01. The van der Waals surface area contributed by atoms with E-state index in [1.165, 1.54) is 16.9 Å². The van der Waals surface area contributed by atoms with Gasteiger partial charge in [0.2, 0.25) is 5.89 Å². The lowest BCUT2D eigenvalue weighted by molar-refractivity contribution is 0.620. The average Bonchev–Trinajstić information content (AvgIpc) is 3.19. The molecule has 25 heavy (non-hydrogen) atoms.